The fourth-order valence-corrected chi connectivity index (χ4v) is 5.21. The van der Waals surface area contributed by atoms with Crippen molar-refractivity contribution in [2.24, 2.45) is 0 Å². The lowest BCUT2D eigenvalue weighted by Gasteiger charge is -2.12. The minimum atomic E-state index is -0.193. The highest BCUT2D eigenvalue weighted by Gasteiger charge is 2.24. The van der Waals surface area contributed by atoms with Gasteiger partial charge >= 0.3 is 0 Å². The van der Waals surface area contributed by atoms with Crippen molar-refractivity contribution in [3.05, 3.63) is 16.3 Å². The molecular formula is C16H21N3O2S2. The first-order chi connectivity index (χ1) is 11.1. The van der Waals surface area contributed by atoms with Gasteiger partial charge in [0, 0.05) is 23.9 Å². The van der Waals surface area contributed by atoms with Crippen LogP contribution in [0.3, 0.4) is 0 Å². The lowest BCUT2D eigenvalue weighted by atomic mass is 10.2. The molecule has 0 radical (unpaired) electrons. The van der Waals surface area contributed by atoms with Crippen LogP contribution < -0.4 is 5.32 Å². The van der Waals surface area contributed by atoms with E-state index in [0.29, 0.717) is 13.2 Å². The number of nitrogens with one attached hydrogen (secondary N) is 1. The van der Waals surface area contributed by atoms with Crippen molar-refractivity contribution in [1.82, 2.24) is 15.3 Å². The molecule has 0 spiro atoms. The van der Waals surface area contributed by atoms with Gasteiger partial charge in [-0.25, -0.2) is 9.97 Å². The molecule has 1 aliphatic carbocycles. The second-order valence-corrected chi connectivity index (χ2v) is 8.07. The zero-order chi connectivity index (χ0) is 16.4. The van der Waals surface area contributed by atoms with E-state index in [1.54, 1.807) is 18.4 Å². The number of hydrogen-bond donors (Lipinski definition) is 1. The summed E-state index contributed by atoms with van der Waals surface area (Å²) in [4.78, 5) is 23.9. The number of aryl methyl sites for hydroxylation is 3. The molecule has 2 heterocycles. The van der Waals surface area contributed by atoms with Crippen LogP contribution in [-0.2, 0) is 22.4 Å². The van der Waals surface area contributed by atoms with Gasteiger partial charge in [-0.05, 0) is 38.7 Å². The van der Waals surface area contributed by atoms with Gasteiger partial charge in [0.25, 0.3) is 0 Å². The van der Waals surface area contributed by atoms with Gasteiger partial charge in [0.2, 0.25) is 5.91 Å². The summed E-state index contributed by atoms with van der Waals surface area (Å²) in [6, 6.07) is 0. The molecule has 0 saturated carbocycles. The summed E-state index contributed by atoms with van der Waals surface area (Å²) >= 11 is 3.31. The fraction of sp³-hybridized carbons (Fsp3) is 0.562. The highest BCUT2D eigenvalue weighted by Crippen LogP contribution is 2.41. The summed E-state index contributed by atoms with van der Waals surface area (Å²) in [6.07, 6.45) is 3.46. The number of methoxy groups -OCH3 is 1. The molecule has 0 fully saturated rings. The summed E-state index contributed by atoms with van der Waals surface area (Å²) < 4.78 is 4.96. The van der Waals surface area contributed by atoms with Crippen LogP contribution >= 0.6 is 23.1 Å². The van der Waals surface area contributed by atoms with E-state index in [0.717, 1.165) is 28.5 Å². The third kappa shape index (κ3) is 3.51. The van der Waals surface area contributed by atoms with Gasteiger partial charge < -0.3 is 10.1 Å². The van der Waals surface area contributed by atoms with E-state index in [2.05, 4.69) is 15.3 Å². The van der Waals surface area contributed by atoms with Crippen LogP contribution in [0.1, 0.15) is 29.6 Å². The van der Waals surface area contributed by atoms with Crippen LogP contribution in [0.15, 0.2) is 5.03 Å². The molecule has 5 nitrogen and oxygen atoms in total. The van der Waals surface area contributed by atoms with Crippen LogP contribution in [0, 0.1) is 6.92 Å². The molecule has 1 aliphatic rings. The third-order valence-electron chi connectivity index (χ3n) is 3.91. The molecule has 7 heteroatoms. The van der Waals surface area contributed by atoms with Crippen LogP contribution in [0.4, 0.5) is 0 Å². The van der Waals surface area contributed by atoms with E-state index in [1.807, 2.05) is 13.8 Å². The van der Waals surface area contributed by atoms with Gasteiger partial charge in [-0.1, -0.05) is 11.8 Å². The van der Waals surface area contributed by atoms with Gasteiger partial charge in [-0.15, -0.1) is 11.3 Å². The number of thiophene rings is 1. The number of hydrogen-bond acceptors (Lipinski definition) is 6. The van der Waals surface area contributed by atoms with Crippen LogP contribution in [0.25, 0.3) is 10.2 Å². The first-order valence-corrected chi connectivity index (χ1v) is 9.52. The van der Waals surface area contributed by atoms with E-state index < -0.39 is 0 Å². The minimum Gasteiger partial charge on any atom is -0.383 e. The maximum atomic E-state index is 12.2. The Morgan fingerprint density at radius 1 is 1.43 bits per heavy atom. The zero-order valence-electron chi connectivity index (χ0n) is 13.6. The Hall–Kier alpha value is -1.18. The second-order valence-electron chi connectivity index (χ2n) is 5.66. The second kappa shape index (κ2) is 7.15. The Morgan fingerprint density at radius 2 is 2.26 bits per heavy atom. The molecule has 1 atom stereocenters. The van der Waals surface area contributed by atoms with Crippen molar-refractivity contribution in [3.8, 4) is 0 Å². The monoisotopic (exact) mass is 351 g/mol. The molecule has 0 aliphatic heterocycles. The summed E-state index contributed by atoms with van der Waals surface area (Å²) in [6.45, 7) is 4.89. The van der Waals surface area contributed by atoms with Crippen molar-refractivity contribution in [1.29, 1.82) is 0 Å². The van der Waals surface area contributed by atoms with Crippen molar-refractivity contribution in [2.75, 3.05) is 20.3 Å². The van der Waals surface area contributed by atoms with Gasteiger partial charge in [-0.2, -0.15) is 0 Å². The molecule has 0 bridgehead atoms. The SMILES string of the molecule is COCCNC(=O)[C@H](C)Sc1nc(C)nc2sc3c(c12)CCC3. The molecule has 0 saturated heterocycles. The number of ether oxygens (including phenoxy) is 1. The Bertz CT molecular complexity index is 730. The lowest BCUT2D eigenvalue weighted by Crippen LogP contribution is -2.33. The van der Waals surface area contributed by atoms with E-state index in [1.165, 1.54) is 34.0 Å². The largest absolute Gasteiger partial charge is 0.383 e. The van der Waals surface area contributed by atoms with Crippen molar-refractivity contribution in [3.63, 3.8) is 0 Å². The van der Waals surface area contributed by atoms with Gasteiger partial charge in [0.05, 0.1) is 11.9 Å². The van der Waals surface area contributed by atoms with Gasteiger partial charge in [0.15, 0.2) is 0 Å². The fourth-order valence-electron chi connectivity index (χ4n) is 2.79. The van der Waals surface area contributed by atoms with Gasteiger partial charge in [0.1, 0.15) is 15.7 Å². The molecule has 2 aromatic heterocycles. The van der Waals surface area contributed by atoms with E-state index in [9.17, 15) is 4.79 Å². The third-order valence-corrected chi connectivity index (χ3v) is 6.18. The number of carbonyl (C=O) groups excluding carboxylic acids is 1. The van der Waals surface area contributed by atoms with Gasteiger partial charge in [-0.3, -0.25) is 4.79 Å². The first-order valence-electron chi connectivity index (χ1n) is 7.82. The molecule has 1 N–H and O–H groups in total. The number of nitrogens with zero attached hydrogens (tertiary/aromatic N) is 2. The van der Waals surface area contributed by atoms with Crippen molar-refractivity contribution < 1.29 is 9.53 Å². The van der Waals surface area contributed by atoms with Crippen molar-refractivity contribution >= 4 is 39.2 Å². The summed E-state index contributed by atoms with van der Waals surface area (Å²) in [5, 5.41) is 4.81. The number of thioether (sulfide) groups is 1. The molecule has 3 rings (SSSR count). The Labute approximate surface area is 144 Å². The molecule has 124 valence electrons. The number of amides is 1. The molecule has 0 aromatic carbocycles. The number of carbonyl (C=O) groups is 1. The topological polar surface area (TPSA) is 64.1 Å². The molecule has 0 unspecified atom stereocenters. The summed E-state index contributed by atoms with van der Waals surface area (Å²) in [5.74, 6) is 0.787. The standard InChI is InChI=1S/C16H21N3O2S2/c1-9(14(20)17-7-8-21-3)22-15-13-11-5-4-6-12(11)23-16(13)19-10(2)18-15/h9H,4-8H2,1-3H3,(H,17,20)/t9-/m0/s1. The van der Waals surface area contributed by atoms with Crippen LogP contribution in [0.5, 0.6) is 0 Å². The summed E-state index contributed by atoms with van der Waals surface area (Å²) in [5.41, 5.74) is 1.40. The lowest BCUT2D eigenvalue weighted by molar-refractivity contribution is -0.120. The highest BCUT2D eigenvalue weighted by atomic mass is 32.2. The average molecular weight is 351 g/mol. The Morgan fingerprint density at radius 3 is 3.04 bits per heavy atom. The Balaban J connectivity index is 1.83. The minimum absolute atomic E-state index is 0.0170. The molecule has 1 amide bonds. The normalized spacial score (nSPS) is 14.9. The van der Waals surface area contributed by atoms with E-state index >= 15 is 0 Å². The van der Waals surface area contributed by atoms with E-state index in [4.69, 9.17) is 4.74 Å². The molecule has 2 aromatic rings. The predicted molar refractivity (Wildman–Crippen MR) is 94.4 cm³/mol. The highest BCUT2D eigenvalue weighted by molar-refractivity contribution is 8.00. The molecular weight excluding hydrogens is 330 g/mol. The van der Waals surface area contributed by atoms with E-state index in [-0.39, 0.29) is 11.2 Å². The average Bonchev–Trinajstić information content (AvgIpc) is 3.07. The smallest absolute Gasteiger partial charge is 0.233 e. The first kappa shape index (κ1) is 16.7. The number of rotatable bonds is 6. The quantitative estimate of drug-likeness (QED) is 0.492. The number of aromatic nitrogens is 2. The predicted octanol–water partition coefficient (Wildman–Crippen LogP) is 2.73. The Kier molecular flexibility index (Phi) is 5.18. The maximum Gasteiger partial charge on any atom is 0.233 e. The summed E-state index contributed by atoms with van der Waals surface area (Å²) in [7, 11) is 1.63. The van der Waals surface area contributed by atoms with Crippen molar-refractivity contribution in [2.45, 2.75) is 43.4 Å². The maximum absolute atomic E-state index is 12.2. The number of fused-ring (bicyclic) bond motifs is 3. The van der Waals surface area contributed by atoms with Crippen LogP contribution in [0.2, 0.25) is 0 Å². The molecule has 23 heavy (non-hydrogen) atoms. The van der Waals surface area contributed by atoms with Crippen LogP contribution in [-0.4, -0.2) is 41.4 Å². The zero-order valence-corrected chi connectivity index (χ0v) is 15.3.